The molecule has 20 heavy (non-hydrogen) atoms. The lowest BCUT2D eigenvalue weighted by molar-refractivity contribution is -0.116. The number of anilines is 2. The van der Waals surface area contributed by atoms with Crippen LogP contribution in [-0.2, 0) is 4.79 Å². The number of aromatic nitrogens is 2. The normalized spacial score (nSPS) is 11.1. The van der Waals surface area contributed by atoms with Crippen LogP contribution in [0.25, 0.3) is 11.0 Å². The maximum absolute atomic E-state index is 11.9. The molecule has 2 rings (SSSR count). The number of imidazole rings is 1. The molecule has 0 spiro atoms. The SMILES string of the molecule is CC(C)CC(=O)Nc1cc2[nH]c(=O)[nH]c2cc1N(C)C. The van der Waals surface area contributed by atoms with Crippen molar-refractivity contribution in [1.82, 2.24) is 9.97 Å². The molecule has 0 saturated carbocycles. The van der Waals surface area contributed by atoms with Crippen molar-refractivity contribution in [2.24, 2.45) is 5.92 Å². The first-order valence-corrected chi connectivity index (χ1v) is 6.60. The van der Waals surface area contributed by atoms with Gasteiger partial charge in [0.1, 0.15) is 0 Å². The molecule has 0 atom stereocenters. The fourth-order valence-electron chi connectivity index (χ4n) is 2.11. The van der Waals surface area contributed by atoms with Crippen LogP contribution in [-0.4, -0.2) is 30.0 Å². The molecular formula is C14H20N4O2. The van der Waals surface area contributed by atoms with Crippen molar-refractivity contribution in [3.05, 3.63) is 22.6 Å². The van der Waals surface area contributed by atoms with Crippen LogP contribution >= 0.6 is 0 Å². The zero-order chi connectivity index (χ0) is 14.9. The molecular weight excluding hydrogens is 256 g/mol. The number of fused-ring (bicyclic) bond motifs is 1. The Bertz CT molecular complexity index is 682. The van der Waals surface area contributed by atoms with Crippen LogP contribution in [0.15, 0.2) is 16.9 Å². The Morgan fingerprint density at radius 3 is 2.40 bits per heavy atom. The summed E-state index contributed by atoms with van der Waals surface area (Å²) in [5.41, 5.74) is 2.70. The zero-order valence-corrected chi connectivity index (χ0v) is 12.2. The van der Waals surface area contributed by atoms with Crippen LogP contribution in [0, 0.1) is 5.92 Å². The summed E-state index contributed by atoms with van der Waals surface area (Å²) in [6.07, 6.45) is 0.467. The maximum Gasteiger partial charge on any atom is 0.323 e. The van der Waals surface area contributed by atoms with E-state index >= 15 is 0 Å². The van der Waals surface area contributed by atoms with Crippen molar-refractivity contribution < 1.29 is 4.79 Å². The number of amides is 1. The topological polar surface area (TPSA) is 81.0 Å². The van der Waals surface area contributed by atoms with Crippen molar-refractivity contribution in [1.29, 1.82) is 0 Å². The molecule has 1 amide bonds. The lowest BCUT2D eigenvalue weighted by Gasteiger charge is -2.18. The molecule has 0 unspecified atom stereocenters. The van der Waals surface area contributed by atoms with Gasteiger partial charge in [-0.15, -0.1) is 0 Å². The number of rotatable bonds is 4. The van der Waals surface area contributed by atoms with E-state index in [1.165, 1.54) is 0 Å². The summed E-state index contributed by atoms with van der Waals surface area (Å²) in [6.45, 7) is 4.00. The second kappa shape index (κ2) is 5.40. The van der Waals surface area contributed by atoms with Crippen LogP contribution in [0.1, 0.15) is 20.3 Å². The molecule has 0 aliphatic rings. The minimum Gasteiger partial charge on any atom is -0.376 e. The van der Waals surface area contributed by atoms with E-state index in [2.05, 4.69) is 15.3 Å². The third kappa shape index (κ3) is 3.01. The molecule has 1 aromatic carbocycles. The Morgan fingerprint density at radius 2 is 1.85 bits per heavy atom. The summed E-state index contributed by atoms with van der Waals surface area (Å²) in [7, 11) is 3.79. The van der Waals surface area contributed by atoms with Gasteiger partial charge >= 0.3 is 5.69 Å². The summed E-state index contributed by atoms with van der Waals surface area (Å²) in [5, 5.41) is 2.91. The third-order valence-corrected chi connectivity index (χ3v) is 2.98. The number of hydrogen-bond donors (Lipinski definition) is 3. The van der Waals surface area contributed by atoms with E-state index in [1.54, 1.807) is 6.07 Å². The molecule has 6 nitrogen and oxygen atoms in total. The average molecular weight is 276 g/mol. The smallest absolute Gasteiger partial charge is 0.323 e. The Kier molecular flexibility index (Phi) is 3.83. The van der Waals surface area contributed by atoms with E-state index in [-0.39, 0.29) is 11.6 Å². The molecule has 0 aliphatic carbocycles. The Hall–Kier alpha value is -2.24. The molecule has 1 heterocycles. The van der Waals surface area contributed by atoms with Gasteiger partial charge in [-0.1, -0.05) is 13.8 Å². The number of aromatic amines is 2. The Morgan fingerprint density at radius 1 is 1.25 bits per heavy atom. The molecule has 0 bridgehead atoms. The van der Waals surface area contributed by atoms with Crippen LogP contribution in [0.3, 0.4) is 0 Å². The molecule has 0 radical (unpaired) electrons. The molecule has 1 aromatic heterocycles. The zero-order valence-electron chi connectivity index (χ0n) is 12.2. The number of carbonyl (C=O) groups excluding carboxylic acids is 1. The number of nitrogens with zero attached hydrogens (tertiary/aromatic N) is 1. The van der Waals surface area contributed by atoms with Crippen molar-refractivity contribution in [2.45, 2.75) is 20.3 Å². The first kappa shape index (κ1) is 14.2. The van der Waals surface area contributed by atoms with Gasteiger partial charge in [0, 0.05) is 20.5 Å². The Labute approximate surface area is 117 Å². The number of carbonyl (C=O) groups is 1. The maximum atomic E-state index is 11.9. The lowest BCUT2D eigenvalue weighted by atomic mass is 10.1. The van der Waals surface area contributed by atoms with E-state index in [0.717, 1.165) is 11.2 Å². The van der Waals surface area contributed by atoms with Gasteiger partial charge in [0.05, 0.1) is 22.4 Å². The van der Waals surface area contributed by atoms with E-state index in [4.69, 9.17) is 0 Å². The van der Waals surface area contributed by atoms with Gasteiger partial charge in [-0.2, -0.15) is 0 Å². The summed E-state index contributed by atoms with van der Waals surface area (Å²) in [5.74, 6) is 0.272. The van der Waals surface area contributed by atoms with Gasteiger partial charge in [0.25, 0.3) is 0 Å². The fraction of sp³-hybridized carbons (Fsp3) is 0.429. The van der Waals surface area contributed by atoms with E-state index in [9.17, 15) is 9.59 Å². The molecule has 6 heteroatoms. The highest BCUT2D eigenvalue weighted by Crippen LogP contribution is 2.28. The quantitative estimate of drug-likeness (QED) is 0.798. The summed E-state index contributed by atoms with van der Waals surface area (Å²) >= 11 is 0. The average Bonchev–Trinajstić information content (AvgIpc) is 2.65. The highest BCUT2D eigenvalue weighted by Gasteiger charge is 2.12. The third-order valence-electron chi connectivity index (χ3n) is 2.98. The molecule has 0 aliphatic heterocycles. The van der Waals surface area contributed by atoms with Crippen LogP contribution < -0.4 is 15.9 Å². The number of benzene rings is 1. The van der Waals surface area contributed by atoms with Crippen molar-refractivity contribution in [3.63, 3.8) is 0 Å². The van der Waals surface area contributed by atoms with Gasteiger partial charge in [-0.25, -0.2) is 4.79 Å². The van der Waals surface area contributed by atoms with Gasteiger partial charge in [0.15, 0.2) is 0 Å². The van der Waals surface area contributed by atoms with Crippen LogP contribution in [0.2, 0.25) is 0 Å². The second-order valence-corrected chi connectivity index (χ2v) is 5.53. The Balaban J connectivity index is 2.41. The van der Waals surface area contributed by atoms with Gasteiger partial charge in [-0.3, -0.25) is 4.79 Å². The van der Waals surface area contributed by atoms with Crippen LogP contribution in [0.5, 0.6) is 0 Å². The minimum atomic E-state index is -0.254. The summed E-state index contributed by atoms with van der Waals surface area (Å²) < 4.78 is 0. The molecule has 3 N–H and O–H groups in total. The molecule has 108 valence electrons. The standard InChI is InChI=1S/C14H20N4O2/c1-8(2)5-13(19)15-11-6-9-10(17-14(20)16-9)7-12(11)18(3)4/h6-8H,5H2,1-4H3,(H,15,19)(H2,16,17,20). The molecule has 0 saturated heterocycles. The van der Waals surface area contributed by atoms with Gasteiger partial charge in [-0.05, 0) is 18.1 Å². The first-order chi connectivity index (χ1) is 9.36. The number of nitrogens with one attached hydrogen (secondary N) is 3. The second-order valence-electron chi connectivity index (χ2n) is 5.53. The fourth-order valence-corrected chi connectivity index (χ4v) is 2.11. The van der Waals surface area contributed by atoms with Crippen molar-refractivity contribution in [2.75, 3.05) is 24.3 Å². The van der Waals surface area contributed by atoms with Gasteiger partial charge < -0.3 is 20.2 Å². The monoisotopic (exact) mass is 276 g/mol. The van der Waals surface area contributed by atoms with E-state index in [1.807, 2.05) is 38.9 Å². The van der Waals surface area contributed by atoms with Crippen molar-refractivity contribution >= 4 is 28.3 Å². The van der Waals surface area contributed by atoms with Gasteiger partial charge in [0.2, 0.25) is 5.91 Å². The van der Waals surface area contributed by atoms with Crippen LogP contribution in [0.4, 0.5) is 11.4 Å². The highest BCUT2D eigenvalue weighted by atomic mass is 16.1. The van der Waals surface area contributed by atoms with E-state index < -0.39 is 0 Å². The minimum absolute atomic E-state index is 0.0275. The number of H-pyrrole nitrogens is 2. The predicted molar refractivity (Wildman–Crippen MR) is 81.3 cm³/mol. The van der Waals surface area contributed by atoms with Crippen molar-refractivity contribution in [3.8, 4) is 0 Å². The lowest BCUT2D eigenvalue weighted by Crippen LogP contribution is -2.17. The number of hydrogen-bond acceptors (Lipinski definition) is 3. The summed E-state index contributed by atoms with van der Waals surface area (Å²) in [6, 6.07) is 3.62. The van der Waals surface area contributed by atoms with E-state index in [0.29, 0.717) is 23.5 Å². The first-order valence-electron chi connectivity index (χ1n) is 6.60. The predicted octanol–water partition coefficient (Wildman–Crippen LogP) is 1.91. The largest absolute Gasteiger partial charge is 0.376 e. The highest BCUT2D eigenvalue weighted by molar-refractivity contribution is 5.98. The summed E-state index contributed by atoms with van der Waals surface area (Å²) in [4.78, 5) is 30.6. The molecule has 2 aromatic rings. The molecule has 0 fully saturated rings.